The van der Waals surface area contributed by atoms with Crippen LogP contribution in [0.1, 0.15) is 0 Å². The summed E-state index contributed by atoms with van der Waals surface area (Å²) in [7, 11) is 3.77. The molecule has 5 heteroatoms. The molecule has 0 aromatic carbocycles. The minimum absolute atomic E-state index is 0.0496. The lowest BCUT2D eigenvalue weighted by atomic mass is 10.3. The zero-order chi connectivity index (χ0) is 10.8. The first kappa shape index (κ1) is 10.2. The van der Waals surface area contributed by atoms with E-state index in [-0.39, 0.29) is 5.56 Å². The van der Waals surface area contributed by atoms with Gasteiger partial charge >= 0.3 is 0 Å². The normalized spacial score (nSPS) is 18.1. The maximum atomic E-state index is 11.4. The molecule has 1 fully saturated rings. The van der Waals surface area contributed by atoms with Crippen molar-refractivity contribution in [1.29, 1.82) is 0 Å². The molecule has 1 aromatic rings. The van der Waals surface area contributed by atoms with Gasteiger partial charge in [0, 0.05) is 39.3 Å². The van der Waals surface area contributed by atoms with E-state index in [9.17, 15) is 4.79 Å². The van der Waals surface area contributed by atoms with Crippen LogP contribution in [-0.4, -0.2) is 47.9 Å². The smallest absolute Gasteiger partial charge is 0.268 e. The lowest BCUT2D eigenvalue weighted by Gasteiger charge is -2.33. The van der Waals surface area contributed by atoms with Crippen molar-refractivity contribution in [2.45, 2.75) is 0 Å². The van der Waals surface area contributed by atoms with Gasteiger partial charge in [-0.05, 0) is 7.05 Å². The average molecular weight is 208 g/mol. The standard InChI is InChI=1S/C10H16N4O/c1-12-3-5-14(6-4-12)9-7-10(15)13(2)11-8-9/h7-8H,3-6H2,1-2H3. The lowest BCUT2D eigenvalue weighted by Crippen LogP contribution is -2.45. The molecule has 0 amide bonds. The average Bonchev–Trinajstić information content (AvgIpc) is 2.23. The number of anilines is 1. The highest BCUT2D eigenvalue weighted by atomic mass is 16.1. The Morgan fingerprint density at radius 3 is 2.47 bits per heavy atom. The van der Waals surface area contributed by atoms with E-state index in [0.29, 0.717) is 0 Å². The van der Waals surface area contributed by atoms with Gasteiger partial charge in [0.2, 0.25) is 0 Å². The molecule has 5 nitrogen and oxygen atoms in total. The van der Waals surface area contributed by atoms with Crippen molar-refractivity contribution in [3.63, 3.8) is 0 Å². The van der Waals surface area contributed by atoms with Crippen molar-refractivity contribution in [3.8, 4) is 0 Å². The molecular weight excluding hydrogens is 192 g/mol. The third-order valence-corrected chi connectivity index (χ3v) is 2.82. The molecular formula is C10H16N4O. The zero-order valence-corrected chi connectivity index (χ0v) is 9.18. The number of hydrogen-bond acceptors (Lipinski definition) is 4. The largest absolute Gasteiger partial charge is 0.368 e. The second-order valence-corrected chi connectivity index (χ2v) is 3.97. The van der Waals surface area contributed by atoms with E-state index in [2.05, 4.69) is 21.9 Å². The molecule has 1 saturated heterocycles. The highest BCUT2D eigenvalue weighted by Crippen LogP contribution is 2.11. The van der Waals surface area contributed by atoms with Gasteiger partial charge in [0.05, 0.1) is 11.9 Å². The van der Waals surface area contributed by atoms with Gasteiger partial charge in [0.1, 0.15) is 0 Å². The van der Waals surface area contributed by atoms with Crippen LogP contribution in [0.25, 0.3) is 0 Å². The van der Waals surface area contributed by atoms with E-state index in [0.717, 1.165) is 31.9 Å². The van der Waals surface area contributed by atoms with Crippen LogP contribution in [0.2, 0.25) is 0 Å². The Labute approximate surface area is 88.9 Å². The van der Waals surface area contributed by atoms with E-state index in [1.165, 1.54) is 4.68 Å². The molecule has 2 rings (SSSR count). The number of piperazine rings is 1. The first-order valence-corrected chi connectivity index (χ1v) is 5.13. The number of hydrogen-bond donors (Lipinski definition) is 0. The van der Waals surface area contributed by atoms with E-state index in [4.69, 9.17) is 0 Å². The summed E-state index contributed by atoms with van der Waals surface area (Å²) in [5.74, 6) is 0. The summed E-state index contributed by atoms with van der Waals surface area (Å²) in [6.45, 7) is 4.00. The molecule has 15 heavy (non-hydrogen) atoms. The number of rotatable bonds is 1. The SMILES string of the molecule is CN1CCN(c2cnn(C)c(=O)c2)CC1. The van der Waals surface area contributed by atoms with Gasteiger partial charge in [-0.3, -0.25) is 4.79 Å². The summed E-state index contributed by atoms with van der Waals surface area (Å²) in [5.41, 5.74) is 0.887. The molecule has 0 aliphatic carbocycles. The summed E-state index contributed by atoms with van der Waals surface area (Å²) >= 11 is 0. The van der Waals surface area contributed by atoms with Crippen molar-refractivity contribution < 1.29 is 0 Å². The molecule has 0 saturated carbocycles. The Morgan fingerprint density at radius 2 is 1.87 bits per heavy atom. The highest BCUT2D eigenvalue weighted by Gasteiger charge is 2.14. The van der Waals surface area contributed by atoms with E-state index < -0.39 is 0 Å². The second kappa shape index (κ2) is 4.02. The van der Waals surface area contributed by atoms with Gasteiger partial charge in [0.15, 0.2) is 0 Å². The fourth-order valence-corrected chi connectivity index (χ4v) is 1.70. The first-order chi connectivity index (χ1) is 7.16. The molecule has 0 radical (unpaired) electrons. The van der Waals surface area contributed by atoms with Gasteiger partial charge in [-0.1, -0.05) is 0 Å². The fraction of sp³-hybridized carbons (Fsp3) is 0.600. The Morgan fingerprint density at radius 1 is 1.20 bits per heavy atom. The fourth-order valence-electron chi connectivity index (χ4n) is 1.70. The van der Waals surface area contributed by atoms with Gasteiger partial charge in [-0.15, -0.1) is 0 Å². The number of aromatic nitrogens is 2. The van der Waals surface area contributed by atoms with E-state index in [1.807, 2.05) is 0 Å². The van der Waals surface area contributed by atoms with Crippen LogP contribution in [0.4, 0.5) is 5.69 Å². The third-order valence-electron chi connectivity index (χ3n) is 2.82. The molecule has 0 atom stereocenters. The molecule has 0 spiro atoms. The minimum atomic E-state index is -0.0496. The number of aryl methyl sites for hydroxylation is 1. The van der Waals surface area contributed by atoms with Crippen molar-refractivity contribution in [1.82, 2.24) is 14.7 Å². The summed E-state index contributed by atoms with van der Waals surface area (Å²) in [6, 6.07) is 1.65. The minimum Gasteiger partial charge on any atom is -0.368 e. The van der Waals surface area contributed by atoms with E-state index >= 15 is 0 Å². The third kappa shape index (κ3) is 2.18. The van der Waals surface area contributed by atoms with E-state index in [1.54, 1.807) is 19.3 Å². The molecule has 1 aromatic heterocycles. The van der Waals surface area contributed by atoms with Crippen molar-refractivity contribution in [2.75, 3.05) is 38.1 Å². The summed E-state index contributed by atoms with van der Waals surface area (Å²) in [6.07, 6.45) is 1.76. The van der Waals surface area contributed by atoms with Crippen molar-refractivity contribution >= 4 is 5.69 Å². The Kier molecular flexibility index (Phi) is 2.73. The number of nitrogens with zero attached hydrogens (tertiary/aromatic N) is 4. The summed E-state index contributed by atoms with van der Waals surface area (Å²) < 4.78 is 1.35. The highest BCUT2D eigenvalue weighted by molar-refractivity contribution is 5.43. The quantitative estimate of drug-likeness (QED) is 0.626. The van der Waals surface area contributed by atoms with Crippen LogP contribution in [0.15, 0.2) is 17.1 Å². The lowest BCUT2D eigenvalue weighted by molar-refractivity contribution is 0.312. The Balaban J connectivity index is 2.16. The van der Waals surface area contributed by atoms with Crippen LogP contribution in [0, 0.1) is 0 Å². The maximum absolute atomic E-state index is 11.4. The first-order valence-electron chi connectivity index (χ1n) is 5.13. The van der Waals surface area contributed by atoms with Crippen LogP contribution >= 0.6 is 0 Å². The van der Waals surface area contributed by atoms with Gasteiger partial charge in [-0.25, -0.2) is 4.68 Å². The van der Waals surface area contributed by atoms with Gasteiger partial charge in [0.25, 0.3) is 5.56 Å². The molecule has 2 heterocycles. The predicted molar refractivity (Wildman–Crippen MR) is 59.2 cm³/mol. The van der Waals surface area contributed by atoms with Crippen LogP contribution in [-0.2, 0) is 7.05 Å². The summed E-state index contributed by atoms with van der Waals surface area (Å²) in [4.78, 5) is 15.9. The molecule has 1 aliphatic heterocycles. The molecule has 1 aliphatic rings. The molecule has 0 bridgehead atoms. The molecule has 0 N–H and O–H groups in total. The predicted octanol–water partition coefficient (Wildman–Crippen LogP) is -0.468. The Hall–Kier alpha value is -1.36. The van der Waals surface area contributed by atoms with Gasteiger partial charge < -0.3 is 9.80 Å². The molecule has 82 valence electrons. The Bertz CT molecular complexity index is 393. The monoisotopic (exact) mass is 208 g/mol. The van der Waals surface area contributed by atoms with Gasteiger partial charge in [-0.2, -0.15) is 5.10 Å². The second-order valence-electron chi connectivity index (χ2n) is 3.97. The van der Waals surface area contributed by atoms with Crippen LogP contribution in [0.5, 0.6) is 0 Å². The van der Waals surface area contributed by atoms with Crippen molar-refractivity contribution in [2.24, 2.45) is 7.05 Å². The zero-order valence-electron chi connectivity index (χ0n) is 9.18. The number of likely N-dealkylation sites (N-methyl/N-ethyl adjacent to an activating group) is 1. The topological polar surface area (TPSA) is 41.4 Å². The summed E-state index contributed by atoms with van der Waals surface area (Å²) in [5, 5.41) is 4.02. The van der Waals surface area contributed by atoms with Crippen LogP contribution < -0.4 is 10.5 Å². The van der Waals surface area contributed by atoms with Crippen molar-refractivity contribution in [3.05, 3.63) is 22.6 Å². The maximum Gasteiger partial charge on any atom is 0.268 e. The van der Waals surface area contributed by atoms with Crippen LogP contribution in [0.3, 0.4) is 0 Å². The molecule has 0 unspecified atom stereocenters.